The number of likely N-dealkylation sites (N-methyl/N-ethyl adjacent to an activating group) is 1. The van der Waals surface area contributed by atoms with Crippen LogP contribution in [0.2, 0.25) is 0 Å². The molecule has 0 saturated carbocycles. The maximum absolute atomic E-state index is 12.7. The summed E-state index contributed by atoms with van der Waals surface area (Å²) in [6, 6.07) is 0. The number of quaternary nitrogens is 1. The molecule has 1 fully saturated rings. The van der Waals surface area contributed by atoms with Crippen molar-refractivity contribution in [2.75, 3.05) is 54.1 Å². The smallest absolute Gasteiger partial charge is 0.312 e. The fraction of sp³-hybridized carbons (Fsp3) is 0.722. The summed E-state index contributed by atoms with van der Waals surface area (Å²) in [6.07, 6.45) is 2.80. The monoisotopic (exact) mass is 385 g/mol. The minimum absolute atomic E-state index is 0.0708. The first kappa shape index (κ1) is 21.3. The first-order valence-electron chi connectivity index (χ1n) is 9.06. The van der Waals surface area contributed by atoms with E-state index >= 15 is 0 Å². The van der Waals surface area contributed by atoms with Gasteiger partial charge in [0.2, 0.25) is 5.91 Å². The number of carbonyl (C=O) groups excluding carboxylic acids is 2. The molecule has 2 bridgehead atoms. The number of fused-ring (bicyclic) bond motifs is 2. The lowest BCUT2D eigenvalue weighted by molar-refractivity contribution is -0.888. The number of carbonyl (C=O) groups is 3. The molecule has 2 unspecified atom stereocenters. The van der Waals surface area contributed by atoms with Crippen molar-refractivity contribution in [1.82, 2.24) is 5.32 Å². The van der Waals surface area contributed by atoms with Crippen LogP contribution in [0.25, 0.3) is 0 Å². The zero-order valence-corrected chi connectivity index (χ0v) is 16.1. The Hall–Kier alpha value is -1.97. The van der Waals surface area contributed by atoms with Crippen molar-refractivity contribution in [2.24, 2.45) is 11.8 Å². The summed E-state index contributed by atoms with van der Waals surface area (Å²) in [4.78, 5) is 35.8. The lowest BCUT2D eigenvalue weighted by atomic mass is 9.82. The molecular weight excluding hydrogens is 356 g/mol. The van der Waals surface area contributed by atoms with Crippen LogP contribution in [-0.2, 0) is 28.6 Å². The molecule has 27 heavy (non-hydrogen) atoms. The van der Waals surface area contributed by atoms with Gasteiger partial charge in [0.25, 0.3) is 0 Å². The Labute approximate surface area is 158 Å². The van der Waals surface area contributed by atoms with Crippen LogP contribution in [0.1, 0.15) is 6.42 Å². The van der Waals surface area contributed by atoms with E-state index in [2.05, 4.69) is 5.32 Å². The van der Waals surface area contributed by atoms with Gasteiger partial charge >= 0.3 is 11.9 Å². The molecule has 9 heteroatoms. The predicted molar refractivity (Wildman–Crippen MR) is 94.7 cm³/mol. The molecule has 9 nitrogen and oxygen atoms in total. The third-order valence-corrected chi connectivity index (χ3v) is 4.95. The molecular formula is C18H29N2O7+. The van der Waals surface area contributed by atoms with Crippen molar-refractivity contribution in [3.8, 4) is 0 Å². The number of esters is 1. The van der Waals surface area contributed by atoms with Gasteiger partial charge < -0.3 is 29.1 Å². The molecule has 0 aliphatic carbocycles. The van der Waals surface area contributed by atoms with E-state index in [-0.39, 0.29) is 18.9 Å². The minimum atomic E-state index is -0.842. The van der Waals surface area contributed by atoms with E-state index in [9.17, 15) is 14.4 Å². The Bertz CT molecular complexity index is 590. The Morgan fingerprint density at radius 3 is 2.41 bits per heavy atom. The second kappa shape index (κ2) is 9.29. The SMILES string of the molecule is COCCOC(=O)C1C(C(=O)NCC[N+](C)(C)CCC(=O)O)[C@H]2C=C[C@@H]1O2. The number of ether oxygens (including phenoxy) is 3. The Morgan fingerprint density at radius 2 is 1.78 bits per heavy atom. The van der Waals surface area contributed by atoms with E-state index in [4.69, 9.17) is 19.3 Å². The van der Waals surface area contributed by atoms with E-state index < -0.39 is 36.0 Å². The van der Waals surface area contributed by atoms with Crippen molar-refractivity contribution in [3.63, 3.8) is 0 Å². The van der Waals surface area contributed by atoms with Crippen molar-refractivity contribution < 1.29 is 38.2 Å². The second-order valence-corrected chi connectivity index (χ2v) is 7.48. The molecule has 0 spiro atoms. The van der Waals surface area contributed by atoms with Crippen LogP contribution in [0.15, 0.2) is 12.2 Å². The Kier molecular flexibility index (Phi) is 7.34. The van der Waals surface area contributed by atoms with Gasteiger partial charge in [0.15, 0.2) is 0 Å². The number of amides is 1. The van der Waals surface area contributed by atoms with E-state index in [0.717, 1.165) is 0 Å². The highest BCUT2D eigenvalue weighted by molar-refractivity contribution is 5.88. The van der Waals surface area contributed by atoms with E-state index in [0.29, 0.717) is 30.7 Å². The highest BCUT2D eigenvalue weighted by Crippen LogP contribution is 2.39. The van der Waals surface area contributed by atoms with Gasteiger partial charge in [-0.15, -0.1) is 0 Å². The van der Waals surface area contributed by atoms with Gasteiger partial charge in [0, 0.05) is 7.11 Å². The number of rotatable bonds is 11. The largest absolute Gasteiger partial charge is 0.481 e. The first-order chi connectivity index (χ1) is 12.7. The fourth-order valence-electron chi connectivity index (χ4n) is 3.33. The van der Waals surface area contributed by atoms with Gasteiger partial charge in [0.05, 0.1) is 64.9 Å². The molecule has 2 heterocycles. The molecule has 0 radical (unpaired) electrons. The average molecular weight is 385 g/mol. The summed E-state index contributed by atoms with van der Waals surface area (Å²) in [5, 5.41) is 11.7. The fourth-order valence-corrected chi connectivity index (χ4v) is 3.33. The highest BCUT2D eigenvalue weighted by Gasteiger charge is 2.53. The molecule has 152 valence electrons. The van der Waals surface area contributed by atoms with E-state index in [1.54, 1.807) is 12.2 Å². The first-order valence-corrected chi connectivity index (χ1v) is 9.06. The quantitative estimate of drug-likeness (QED) is 0.212. The number of hydrogen-bond acceptors (Lipinski definition) is 6. The van der Waals surface area contributed by atoms with Crippen LogP contribution in [0.5, 0.6) is 0 Å². The topological polar surface area (TPSA) is 111 Å². The van der Waals surface area contributed by atoms with Gasteiger partial charge in [0.1, 0.15) is 12.5 Å². The number of aliphatic carboxylic acids is 1. The van der Waals surface area contributed by atoms with Crippen LogP contribution in [0.4, 0.5) is 0 Å². The summed E-state index contributed by atoms with van der Waals surface area (Å²) in [6.45, 7) is 1.87. The lowest BCUT2D eigenvalue weighted by Gasteiger charge is -2.30. The number of nitrogens with one attached hydrogen (secondary N) is 1. The Balaban J connectivity index is 1.87. The van der Waals surface area contributed by atoms with Gasteiger partial charge in [-0.3, -0.25) is 14.4 Å². The van der Waals surface area contributed by atoms with Crippen LogP contribution in [0.3, 0.4) is 0 Å². The molecule has 0 aromatic rings. The number of nitrogens with zero attached hydrogens (tertiary/aromatic N) is 1. The molecule has 0 aromatic carbocycles. The molecule has 1 saturated heterocycles. The molecule has 2 aliphatic heterocycles. The van der Waals surface area contributed by atoms with Gasteiger partial charge in [-0.1, -0.05) is 12.2 Å². The van der Waals surface area contributed by atoms with Crippen LogP contribution in [-0.4, -0.2) is 93.7 Å². The molecule has 4 atom stereocenters. The lowest BCUT2D eigenvalue weighted by Crippen LogP contribution is -2.49. The maximum atomic E-state index is 12.7. The highest BCUT2D eigenvalue weighted by atomic mass is 16.6. The number of hydrogen-bond donors (Lipinski definition) is 2. The van der Waals surface area contributed by atoms with Crippen molar-refractivity contribution >= 4 is 17.8 Å². The average Bonchev–Trinajstić information content (AvgIpc) is 3.21. The molecule has 2 aliphatic rings. The zero-order chi connectivity index (χ0) is 20.0. The summed E-state index contributed by atoms with van der Waals surface area (Å²) < 4.78 is 16.2. The molecule has 2 N–H and O–H groups in total. The summed E-state index contributed by atoms with van der Waals surface area (Å²) in [5.74, 6) is -2.83. The van der Waals surface area contributed by atoms with E-state index in [1.807, 2.05) is 14.1 Å². The summed E-state index contributed by atoms with van der Waals surface area (Å²) in [5.41, 5.74) is 0. The van der Waals surface area contributed by atoms with E-state index in [1.165, 1.54) is 7.11 Å². The standard InChI is InChI=1S/C18H28N2O7/c1-20(2,8-6-14(21)22)9-7-19-17(23)15-12-4-5-13(27-12)16(15)18(24)26-11-10-25-3/h4-5,12-13,15-16H,6-11H2,1-3H3,(H-,19,21,22,23)/p+1/t12-,13+,15?,16?/m1/s1. The summed E-state index contributed by atoms with van der Waals surface area (Å²) >= 11 is 0. The normalized spacial score (nSPS) is 26.2. The summed E-state index contributed by atoms with van der Waals surface area (Å²) in [7, 11) is 5.34. The van der Waals surface area contributed by atoms with Crippen molar-refractivity contribution in [2.45, 2.75) is 18.6 Å². The Morgan fingerprint density at radius 1 is 1.11 bits per heavy atom. The number of methoxy groups -OCH3 is 1. The van der Waals surface area contributed by atoms with Gasteiger partial charge in [-0.2, -0.15) is 0 Å². The zero-order valence-electron chi connectivity index (χ0n) is 16.1. The van der Waals surface area contributed by atoms with Crippen molar-refractivity contribution in [1.29, 1.82) is 0 Å². The molecule has 1 amide bonds. The van der Waals surface area contributed by atoms with Gasteiger partial charge in [-0.05, 0) is 0 Å². The minimum Gasteiger partial charge on any atom is -0.481 e. The maximum Gasteiger partial charge on any atom is 0.312 e. The van der Waals surface area contributed by atoms with Crippen LogP contribution in [0, 0.1) is 11.8 Å². The van der Waals surface area contributed by atoms with Crippen molar-refractivity contribution in [3.05, 3.63) is 12.2 Å². The predicted octanol–water partition coefficient (Wildman–Crippen LogP) is -0.587. The second-order valence-electron chi connectivity index (χ2n) is 7.48. The van der Waals surface area contributed by atoms with Crippen LogP contribution >= 0.6 is 0 Å². The number of carboxylic acids is 1. The molecule has 2 rings (SSSR count). The number of carboxylic acid groups (broad SMARTS) is 1. The third-order valence-electron chi connectivity index (χ3n) is 4.95. The van der Waals surface area contributed by atoms with Gasteiger partial charge in [-0.25, -0.2) is 0 Å². The van der Waals surface area contributed by atoms with Crippen LogP contribution < -0.4 is 5.32 Å². The third kappa shape index (κ3) is 5.75. The molecule has 0 aromatic heterocycles.